The second kappa shape index (κ2) is 4.59. The number of amides is 1. The van der Waals surface area contributed by atoms with Gasteiger partial charge in [-0.1, -0.05) is 0 Å². The van der Waals surface area contributed by atoms with E-state index in [1.165, 1.54) is 11.3 Å². The Bertz CT molecular complexity index is 412. The minimum atomic E-state index is -5.87. The Kier molecular flexibility index (Phi) is 3.75. The molecule has 1 aromatic heterocycles. The molecule has 1 rings (SSSR count). The van der Waals surface area contributed by atoms with E-state index in [0.717, 1.165) is 5.56 Å². The molecule has 0 bridgehead atoms. The summed E-state index contributed by atoms with van der Waals surface area (Å²) in [4.78, 5) is 10.7. The molecule has 0 atom stereocenters. The Labute approximate surface area is 97.4 Å². The Hall–Kier alpha value is -1.18. The number of alkyl halides is 5. The van der Waals surface area contributed by atoms with Crippen LogP contribution in [0.2, 0.25) is 0 Å². The van der Waals surface area contributed by atoms with Crippen molar-refractivity contribution in [3.05, 3.63) is 21.9 Å². The number of carbonyl (C=O) groups excluding carboxylic acids is 1. The molecule has 0 aliphatic heterocycles. The maximum absolute atomic E-state index is 12.5. The fourth-order valence-electron chi connectivity index (χ4n) is 0.983. The molecule has 8 heteroatoms. The van der Waals surface area contributed by atoms with Crippen LogP contribution in [-0.4, -0.2) is 18.0 Å². The largest absolute Gasteiger partial charge is 0.463 e. The number of aryl methyl sites for hydroxylation is 1. The highest BCUT2D eigenvalue weighted by molar-refractivity contribution is 7.08. The van der Waals surface area contributed by atoms with Crippen molar-refractivity contribution in [3.8, 4) is 0 Å². The second-order valence-electron chi connectivity index (χ2n) is 3.33. The van der Waals surface area contributed by atoms with Crippen LogP contribution in [0.25, 0.3) is 0 Å². The molecule has 1 aromatic rings. The minimum absolute atomic E-state index is 0.347. The summed E-state index contributed by atoms with van der Waals surface area (Å²) in [5, 5.41) is 4.84. The summed E-state index contributed by atoms with van der Waals surface area (Å²) in [6, 6.07) is 0. The van der Waals surface area contributed by atoms with Crippen LogP contribution >= 0.6 is 11.3 Å². The van der Waals surface area contributed by atoms with Crippen molar-refractivity contribution in [1.29, 1.82) is 0 Å². The number of thiophene rings is 1. The summed E-state index contributed by atoms with van der Waals surface area (Å²) in [5.74, 6) is -7.70. The predicted molar refractivity (Wildman–Crippen MR) is 51.9 cm³/mol. The molecule has 0 saturated heterocycles. The molecule has 0 radical (unpaired) electrons. The number of hydrogen-bond donors (Lipinski definition) is 1. The second-order valence-corrected chi connectivity index (χ2v) is 4.08. The molecule has 0 unspecified atom stereocenters. The lowest BCUT2D eigenvalue weighted by atomic mass is 10.2. The Morgan fingerprint density at radius 1 is 1.29 bits per heavy atom. The molecule has 0 aliphatic rings. The minimum Gasteiger partial charge on any atom is -0.346 e. The molecule has 17 heavy (non-hydrogen) atoms. The highest BCUT2D eigenvalue weighted by Gasteiger charge is 2.63. The summed E-state index contributed by atoms with van der Waals surface area (Å²) < 4.78 is 60.5. The van der Waals surface area contributed by atoms with Crippen LogP contribution in [0.4, 0.5) is 22.0 Å². The first-order valence-electron chi connectivity index (χ1n) is 4.40. The van der Waals surface area contributed by atoms with E-state index in [2.05, 4.69) is 0 Å². The van der Waals surface area contributed by atoms with Crippen molar-refractivity contribution in [2.24, 2.45) is 0 Å². The van der Waals surface area contributed by atoms with Crippen molar-refractivity contribution in [2.75, 3.05) is 0 Å². The molecule has 1 amide bonds. The number of halogens is 5. The quantitative estimate of drug-likeness (QED) is 0.843. The van der Waals surface area contributed by atoms with Gasteiger partial charge in [-0.25, -0.2) is 0 Å². The Morgan fingerprint density at radius 3 is 2.29 bits per heavy atom. The van der Waals surface area contributed by atoms with Gasteiger partial charge in [0.2, 0.25) is 0 Å². The lowest BCUT2D eigenvalue weighted by molar-refractivity contribution is -0.269. The summed E-state index contributed by atoms with van der Waals surface area (Å²) in [5.41, 5.74) is 1.24. The third-order valence-electron chi connectivity index (χ3n) is 2.04. The lowest BCUT2D eigenvalue weighted by Gasteiger charge is -2.18. The van der Waals surface area contributed by atoms with E-state index >= 15 is 0 Å². The van der Waals surface area contributed by atoms with Crippen molar-refractivity contribution in [2.45, 2.75) is 25.6 Å². The predicted octanol–water partition coefficient (Wildman–Crippen LogP) is 2.87. The van der Waals surface area contributed by atoms with Gasteiger partial charge >= 0.3 is 18.0 Å². The first-order valence-corrected chi connectivity index (χ1v) is 5.35. The van der Waals surface area contributed by atoms with E-state index in [9.17, 15) is 26.7 Å². The van der Waals surface area contributed by atoms with Crippen LogP contribution in [0.3, 0.4) is 0 Å². The van der Waals surface area contributed by atoms with Crippen LogP contribution < -0.4 is 5.32 Å². The van der Waals surface area contributed by atoms with E-state index in [-0.39, 0.29) is 6.54 Å². The fourth-order valence-corrected chi connectivity index (χ4v) is 1.84. The highest BCUT2D eigenvalue weighted by Crippen LogP contribution is 2.35. The van der Waals surface area contributed by atoms with Gasteiger partial charge in [-0.05, 0) is 28.8 Å². The molecule has 0 saturated carbocycles. The molecule has 0 aliphatic carbocycles. The highest BCUT2D eigenvalue weighted by atomic mass is 32.1. The summed E-state index contributed by atoms with van der Waals surface area (Å²) >= 11 is 1.27. The third-order valence-corrected chi connectivity index (χ3v) is 2.95. The summed E-state index contributed by atoms with van der Waals surface area (Å²) in [6.07, 6.45) is -5.87. The molecule has 0 aromatic carbocycles. The zero-order valence-electron chi connectivity index (χ0n) is 8.57. The Balaban J connectivity index is 2.65. The number of hydrogen-bond acceptors (Lipinski definition) is 2. The van der Waals surface area contributed by atoms with Crippen LogP contribution in [0.1, 0.15) is 11.1 Å². The van der Waals surface area contributed by atoms with Gasteiger partial charge in [0, 0.05) is 6.54 Å². The maximum Gasteiger partial charge on any atom is 0.463 e. The fraction of sp³-hybridized carbons (Fsp3) is 0.444. The van der Waals surface area contributed by atoms with Crippen LogP contribution in [-0.2, 0) is 11.3 Å². The van der Waals surface area contributed by atoms with E-state index < -0.39 is 18.0 Å². The lowest BCUT2D eigenvalue weighted by Crippen LogP contribution is -2.50. The van der Waals surface area contributed by atoms with E-state index in [0.29, 0.717) is 5.56 Å². The number of rotatable bonds is 3. The van der Waals surface area contributed by atoms with Gasteiger partial charge in [-0.2, -0.15) is 33.3 Å². The first kappa shape index (κ1) is 13.9. The Morgan fingerprint density at radius 2 is 1.88 bits per heavy atom. The maximum atomic E-state index is 12.5. The zero-order valence-corrected chi connectivity index (χ0v) is 9.38. The summed E-state index contributed by atoms with van der Waals surface area (Å²) in [7, 11) is 0. The average Bonchev–Trinajstić information content (AvgIpc) is 2.58. The smallest absolute Gasteiger partial charge is 0.346 e. The van der Waals surface area contributed by atoms with Crippen molar-refractivity contribution < 1.29 is 26.7 Å². The molecule has 1 heterocycles. The van der Waals surface area contributed by atoms with Gasteiger partial charge in [0.1, 0.15) is 0 Å². The SMILES string of the molecule is Cc1cscc1CNC(=O)C(F)(F)C(F)(F)F. The van der Waals surface area contributed by atoms with Gasteiger partial charge in [0.15, 0.2) is 0 Å². The normalized spacial score (nSPS) is 12.6. The standard InChI is InChI=1S/C9H8F5NOS/c1-5-3-17-4-6(5)2-15-7(16)8(10,11)9(12,13)14/h3-4H,2H2,1H3,(H,15,16). The van der Waals surface area contributed by atoms with E-state index in [1.807, 2.05) is 0 Å². The van der Waals surface area contributed by atoms with E-state index in [1.54, 1.807) is 23.0 Å². The van der Waals surface area contributed by atoms with Gasteiger partial charge in [0.05, 0.1) is 0 Å². The van der Waals surface area contributed by atoms with Gasteiger partial charge in [-0.3, -0.25) is 4.79 Å². The van der Waals surface area contributed by atoms with Crippen LogP contribution in [0.5, 0.6) is 0 Å². The van der Waals surface area contributed by atoms with Crippen LogP contribution in [0, 0.1) is 6.92 Å². The van der Waals surface area contributed by atoms with E-state index in [4.69, 9.17) is 0 Å². The van der Waals surface area contributed by atoms with Gasteiger partial charge in [0.25, 0.3) is 0 Å². The number of nitrogens with one attached hydrogen (secondary N) is 1. The topological polar surface area (TPSA) is 29.1 Å². The molecular weight excluding hydrogens is 265 g/mol. The summed E-state index contributed by atoms with van der Waals surface area (Å²) in [6.45, 7) is 1.32. The zero-order chi connectivity index (χ0) is 13.3. The molecule has 0 spiro atoms. The molecular formula is C9H8F5NOS. The van der Waals surface area contributed by atoms with Crippen LogP contribution in [0.15, 0.2) is 10.8 Å². The van der Waals surface area contributed by atoms with Gasteiger partial charge < -0.3 is 5.32 Å². The van der Waals surface area contributed by atoms with Crippen molar-refractivity contribution in [1.82, 2.24) is 5.32 Å². The average molecular weight is 273 g/mol. The molecule has 96 valence electrons. The first-order chi connectivity index (χ1) is 7.66. The van der Waals surface area contributed by atoms with Crippen molar-refractivity contribution >= 4 is 17.2 Å². The monoisotopic (exact) mass is 273 g/mol. The van der Waals surface area contributed by atoms with Crippen molar-refractivity contribution in [3.63, 3.8) is 0 Å². The third kappa shape index (κ3) is 2.93. The molecule has 2 nitrogen and oxygen atoms in total. The molecule has 1 N–H and O–H groups in total. The number of carbonyl (C=O) groups is 1. The molecule has 0 fully saturated rings. The van der Waals surface area contributed by atoms with Gasteiger partial charge in [-0.15, -0.1) is 0 Å².